The van der Waals surface area contributed by atoms with Crippen molar-refractivity contribution in [2.45, 2.75) is 32.8 Å². The van der Waals surface area contributed by atoms with Crippen LogP contribution in [0.3, 0.4) is 0 Å². The monoisotopic (exact) mass is 249 g/mol. The Labute approximate surface area is 110 Å². The molecular weight excluding hydrogens is 226 g/mol. The van der Waals surface area contributed by atoms with E-state index in [1.54, 1.807) is 0 Å². The van der Waals surface area contributed by atoms with Gasteiger partial charge in [0.1, 0.15) is 5.60 Å². The number of benzene rings is 1. The summed E-state index contributed by atoms with van der Waals surface area (Å²) in [6.07, 6.45) is 0.945. The third-order valence-electron chi connectivity index (χ3n) is 2.44. The Balaban J connectivity index is 2.29. The highest BCUT2D eigenvalue weighted by atomic mass is 16.6. The topological polar surface area (TPSA) is 29.5 Å². The van der Waals surface area contributed by atoms with E-state index in [1.165, 1.54) is 5.56 Å². The second-order valence-corrected chi connectivity index (χ2v) is 5.56. The van der Waals surface area contributed by atoms with E-state index < -0.39 is 5.60 Å². The maximum absolute atomic E-state index is 11.6. The summed E-state index contributed by atoms with van der Waals surface area (Å²) < 4.78 is 5.28. The Kier molecular flexibility index (Phi) is 5.35. The summed E-state index contributed by atoms with van der Waals surface area (Å²) >= 11 is 0. The molecule has 0 radical (unpaired) electrons. The van der Waals surface area contributed by atoms with Crippen LogP contribution < -0.4 is 0 Å². The number of carbonyl (C=O) groups excluding carboxylic acids is 1. The molecule has 0 aliphatic heterocycles. The van der Waals surface area contributed by atoms with Gasteiger partial charge in [-0.1, -0.05) is 30.3 Å². The Morgan fingerprint density at radius 1 is 1.22 bits per heavy atom. The third-order valence-corrected chi connectivity index (χ3v) is 2.44. The SMILES string of the molecule is CN(CCc1ccccc1)CC(=O)OC(C)(C)C. The van der Waals surface area contributed by atoms with Gasteiger partial charge >= 0.3 is 5.97 Å². The average molecular weight is 249 g/mol. The quantitative estimate of drug-likeness (QED) is 0.751. The number of esters is 1. The predicted molar refractivity (Wildman–Crippen MR) is 73.5 cm³/mol. The minimum atomic E-state index is -0.405. The van der Waals surface area contributed by atoms with Crippen LogP contribution in [-0.2, 0) is 16.0 Å². The van der Waals surface area contributed by atoms with Crippen molar-refractivity contribution in [3.8, 4) is 0 Å². The first-order chi connectivity index (χ1) is 8.37. The molecule has 100 valence electrons. The molecule has 0 aromatic heterocycles. The van der Waals surface area contributed by atoms with Gasteiger partial charge in [-0.25, -0.2) is 0 Å². The lowest BCUT2D eigenvalue weighted by Gasteiger charge is -2.22. The summed E-state index contributed by atoms with van der Waals surface area (Å²) in [6.45, 7) is 6.84. The van der Waals surface area contributed by atoms with Crippen molar-refractivity contribution in [3.63, 3.8) is 0 Å². The lowest BCUT2D eigenvalue weighted by atomic mass is 10.1. The molecule has 18 heavy (non-hydrogen) atoms. The van der Waals surface area contributed by atoms with Crippen LogP contribution in [0.2, 0.25) is 0 Å². The Morgan fingerprint density at radius 3 is 2.39 bits per heavy atom. The van der Waals surface area contributed by atoms with Crippen molar-refractivity contribution in [3.05, 3.63) is 35.9 Å². The van der Waals surface area contributed by atoms with Crippen LogP contribution in [0.25, 0.3) is 0 Å². The standard InChI is InChI=1S/C15H23NO2/c1-15(2,3)18-14(17)12-16(4)11-10-13-8-6-5-7-9-13/h5-9H,10-12H2,1-4H3. The van der Waals surface area contributed by atoms with Crippen LogP contribution in [0.4, 0.5) is 0 Å². The van der Waals surface area contributed by atoms with Gasteiger partial charge < -0.3 is 4.74 Å². The molecule has 0 amide bonds. The molecular formula is C15H23NO2. The van der Waals surface area contributed by atoms with Crippen LogP contribution in [0.15, 0.2) is 30.3 Å². The van der Waals surface area contributed by atoms with E-state index in [2.05, 4.69) is 12.1 Å². The Hall–Kier alpha value is -1.35. The van der Waals surface area contributed by atoms with Crippen molar-refractivity contribution in [2.24, 2.45) is 0 Å². The fourth-order valence-electron chi connectivity index (χ4n) is 1.64. The van der Waals surface area contributed by atoms with Crippen molar-refractivity contribution < 1.29 is 9.53 Å². The van der Waals surface area contributed by atoms with E-state index in [0.717, 1.165) is 13.0 Å². The van der Waals surface area contributed by atoms with E-state index >= 15 is 0 Å². The number of hydrogen-bond acceptors (Lipinski definition) is 3. The van der Waals surface area contributed by atoms with E-state index in [0.29, 0.717) is 6.54 Å². The van der Waals surface area contributed by atoms with Gasteiger partial charge in [0, 0.05) is 6.54 Å². The summed E-state index contributed by atoms with van der Waals surface area (Å²) in [5, 5.41) is 0. The summed E-state index contributed by atoms with van der Waals surface area (Å²) in [7, 11) is 1.94. The molecule has 0 saturated carbocycles. The molecule has 0 bridgehead atoms. The maximum atomic E-state index is 11.6. The Bertz CT molecular complexity index is 368. The summed E-state index contributed by atoms with van der Waals surface area (Å²) in [5.74, 6) is -0.168. The second-order valence-electron chi connectivity index (χ2n) is 5.56. The van der Waals surface area contributed by atoms with Crippen LogP contribution >= 0.6 is 0 Å². The Morgan fingerprint density at radius 2 is 1.83 bits per heavy atom. The number of ether oxygens (including phenoxy) is 1. The zero-order valence-electron chi connectivity index (χ0n) is 11.8. The van der Waals surface area contributed by atoms with E-state index in [9.17, 15) is 4.79 Å². The lowest BCUT2D eigenvalue weighted by Crippen LogP contribution is -2.33. The molecule has 0 fully saturated rings. The number of hydrogen-bond donors (Lipinski definition) is 0. The van der Waals surface area contributed by atoms with Crippen molar-refractivity contribution in [2.75, 3.05) is 20.1 Å². The molecule has 0 spiro atoms. The van der Waals surface area contributed by atoms with Crippen molar-refractivity contribution >= 4 is 5.97 Å². The molecule has 0 atom stereocenters. The van der Waals surface area contributed by atoms with Crippen LogP contribution in [0.5, 0.6) is 0 Å². The van der Waals surface area contributed by atoms with E-state index in [-0.39, 0.29) is 5.97 Å². The molecule has 3 nitrogen and oxygen atoms in total. The van der Waals surface area contributed by atoms with Crippen molar-refractivity contribution in [1.29, 1.82) is 0 Å². The fraction of sp³-hybridized carbons (Fsp3) is 0.533. The first-order valence-corrected chi connectivity index (χ1v) is 6.31. The largest absolute Gasteiger partial charge is 0.459 e. The summed E-state index contributed by atoms with van der Waals surface area (Å²) in [5.41, 5.74) is 0.880. The van der Waals surface area contributed by atoms with Gasteiger partial charge in [-0.3, -0.25) is 9.69 Å². The summed E-state index contributed by atoms with van der Waals surface area (Å²) in [6, 6.07) is 10.3. The molecule has 0 saturated heterocycles. The summed E-state index contributed by atoms with van der Waals surface area (Å²) in [4.78, 5) is 13.6. The van der Waals surface area contributed by atoms with Crippen LogP contribution in [0.1, 0.15) is 26.3 Å². The highest BCUT2D eigenvalue weighted by molar-refractivity contribution is 5.72. The normalized spacial score (nSPS) is 11.6. The lowest BCUT2D eigenvalue weighted by molar-refractivity contribution is -0.155. The van der Waals surface area contributed by atoms with Gasteiger partial charge in [-0.15, -0.1) is 0 Å². The molecule has 1 rings (SSSR count). The minimum Gasteiger partial charge on any atom is -0.459 e. The fourth-order valence-corrected chi connectivity index (χ4v) is 1.64. The van der Waals surface area contributed by atoms with Gasteiger partial charge in [0.05, 0.1) is 6.54 Å². The van der Waals surface area contributed by atoms with Crippen LogP contribution in [0, 0.1) is 0 Å². The smallest absolute Gasteiger partial charge is 0.320 e. The molecule has 0 unspecified atom stereocenters. The molecule has 1 aromatic rings. The first kappa shape index (κ1) is 14.7. The van der Waals surface area contributed by atoms with Gasteiger partial charge in [0.25, 0.3) is 0 Å². The number of nitrogens with zero attached hydrogens (tertiary/aromatic N) is 1. The van der Waals surface area contributed by atoms with Gasteiger partial charge in [0.2, 0.25) is 0 Å². The van der Waals surface area contributed by atoms with Crippen molar-refractivity contribution in [1.82, 2.24) is 4.90 Å². The molecule has 1 aromatic carbocycles. The number of rotatable bonds is 5. The van der Waals surface area contributed by atoms with Gasteiger partial charge in [-0.05, 0) is 39.8 Å². The number of carbonyl (C=O) groups is 1. The zero-order chi connectivity index (χ0) is 13.6. The first-order valence-electron chi connectivity index (χ1n) is 6.31. The highest BCUT2D eigenvalue weighted by Crippen LogP contribution is 2.07. The van der Waals surface area contributed by atoms with Crippen LogP contribution in [-0.4, -0.2) is 36.6 Å². The maximum Gasteiger partial charge on any atom is 0.320 e. The predicted octanol–water partition coefficient (Wildman–Crippen LogP) is 2.50. The molecule has 3 heteroatoms. The molecule has 0 N–H and O–H groups in total. The second kappa shape index (κ2) is 6.55. The molecule has 0 aliphatic carbocycles. The molecule has 0 aliphatic rings. The highest BCUT2D eigenvalue weighted by Gasteiger charge is 2.17. The third kappa shape index (κ3) is 6.40. The van der Waals surface area contributed by atoms with Gasteiger partial charge in [0.15, 0.2) is 0 Å². The number of likely N-dealkylation sites (N-methyl/N-ethyl adjacent to an activating group) is 1. The van der Waals surface area contributed by atoms with E-state index in [1.807, 2.05) is 50.9 Å². The molecule has 0 heterocycles. The zero-order valence-corrected chi connectivity index (χ0v) is 11.8. The minimum absolute atomic E-state index is 0.168. The average Bonchev–Trinajstić information content (AvgIpc) is 2.25. The van der Waals surface area contributed by atoms with E-state index in [4.69, 9.17) is 4.74 Å². The van der Waals surface area contributed by atoms with Gasteiger partial charge in [-0.2, -0.15) is 0 Å².